The first-order valence-corrected chi connectivity index (χ1v) is 7.74. The van der Waals surface area contributed by atoms with Gasteiger partial charge in [0.25, 0.3) is 0 Å². The summed E-state index contributed by atoms with van der Waals surface area (Å²) in [7, 11) is 0. The molecule has 0 saturated carbocycles. The van der Waals surface area contributed by atoms with Crippen LogP contribution in [0.1, 0.15) is 44.2 Å². The van der Waals surface area contributed by atoms with Crippen molar-refractivity contribution in [3.8, 4) is 5.75 Å². The molecule has 0 aliphatic carbocycles. The highest BCUT2D eigenvalue weighted by molar-refractivity contribution is 5.27. The molecule has 0 aliphatic rings. The second-order valence-corrected chi connectivity index (χ2v) is 5.49. The van der Waals surface area contributed by atoms with Crippen molar-refractivity contribution in [3.63, 3.8) is 0 Å². The Kier molecular flexibility index (Phi) is 5.82. The molecule has 0 aliphatic heterocycles. The van der Waals surface area contributed by atoms with E-state index >= 15 is 0 Å². The number of benzene rings is 1. The van der Waals surface area contributed by atoms with E-state index in [1.807, 2.05) is 13.8 Å². The number of aliphatic hydroxyl groups is 1. The van der Waals surface area contributed by atoms with Gasteiger partial charge in [0.15, 0.2) is 5.82 Å². The van der Waals surface area contributed by atoms with Gasteiger partial charge in [-0.25, -0.2) is 9.67 Å². The third-order valence-electron chi connectivity index (χ3n) is 3.89. The van der Waals surface area contributed by atoms with Gasteiger partial charge in [-0.1, -0.05) is 38.8 Å². The van der Waals surface area contributed by atoms with E-state index in [1.165, 1.54) is 30.6 Å². The highest BCUT2D eigenvalue weighted by atomic mass is 19.4. The molecule has 1 N–H and O–H groups in total. The lowest BCUT2D eigenvalue weighted by Gasteiger charge is -2.20. The van der Waals surface area contributed by atoms with Crippen molar-refractivity contribution >= 4 is 0 Å². The van der Waals surface area contributed by atoms with Crippen LogP contribution in [0.2, 0.25) is 0 Å². The maximum atomic E-state index is 12.2. The molecule has 5 nitrogen and oxygen atoms in total. The van der Waals surface area contributed by atoms with E-state index < -0.39 is 12.5 Å². The molecule has 24 heavy (non-hydrogen) atoms. The molecule has 1 atom stereocenters. The first-order valence-electron chi connectivity index (χ1n) is 7.74. The lowest BCUT2D eigenvalue weighted by Crippen LogP contribution is -2.18. The molecule has 0 saturated heterocycles. The molecule has 1 aromatic carbocycles. The van der Waals surface area contributed by atoms with Crippen LogP contribution >= 0.6 is 0 Å². The summed E-state index contributed by atoms with van der Waals surface area (Å²) in [5, 5.41) is 14.5. The molecule has 1 aromatic heterocycles. The fraction of sp³-hybridized carbons (Fsp3) is 0.500. The summed E-state index contributed by atoms with van der Waals surface area (Å²) >= 11 is 0. The zero-order valence-corrected chi connectivity index (χ0v) is 13.5. The summed E-state index contributed by atoms with van der Waals surface area (Å²) in [5.41, 5.74) is 0.730. The Hall–Kier alpha value is -2.09. The van der Waals surface area contributed by atoms with E-state index in [2.05, 4.69) is 14.8 Å². The molecule has 0 bridgehead atoms. The molecule has 2 rings (SSSR count). The van der Waals surface area contributed by atoms with Crippen molar-refractivity contribution in [1.82, 2.24) is 14.8 Å². The molecule has 0 fully saturated rings. The lowest BCUT2D eigenvalue weighted by atomic mass is 9.96. The van der Waals surface area contributed by atoms with Crippen LogP contribution in [0.3, 0.4) is 0 Å². The standard InChI is InChI=1S/C16H20F3N3O2/c1-3-12(4-2)14(23)15-20-10-21-22(15)9-11-5-7-13(8-6-11)24-16(17,18)19/h5-8,10,12,14,23H,3-4,9H2,1-2H3. The Morgan fingerprint density at radius 1 is 1.17 bits per heavy atom. The number of aliphatic hydroxyl groups excluding tert-OH is 1. The van der Waals surface area contributed by atoms with Gasteiger partial charge in [-0.3, -0.25) is 0 Å². The van der Waals surface area contributed by atoms with Crippen molar-refractivity contribution < 1.29 is 23.0 Å². The van der Waals surface area contributed by atoms with Crippen LogP contribution in [0, 0.1) is 5.92 Å². The molecule has 8 heteroatoms. The maximum absolute atomic E-state index is 12.2. The van der Waals surface area contributed by atoms with E-state index in [1.54, 1.807) is 4.68 Å². The van der Waals surface area contributed by atoms with Gasteiger partial charge in [0, 0.05) is 0 Å². The number of hydrogen-bond acceptors (Lipinski definition) is 4. The van der Waals surface area contributed by atoms with Crippen LogP contribution in [-0.2, 0) is 6.54 Å². The molecule has 0 radical (unpaired) electrons. The summed E-state index contributed by atoms with van der Waals surface area (Å²) in [6.07, 6.45) is -2.44. The Bertz CT molecular complexity index is 637. The van der Waals surface area contributed by atoms with Crippen molar-refractivity contribution in [1.29, 1.82) is 0 Å². The predicted molar refractivity (Wildman–Crippen MR) is 81.3 cm³/mol. The first kappa shape index (κ1) is 18.3. The summed E-state index contributed by atoms with van der Waals surface area (Å²) in [6, 6.07) is 5.54. The van der Waals surface area contributed by atoms with Crippen molar-refractivity contribution in [2.24, 2.45) is 5.92 Å². The van der Waals surface area contributed by atoms with Crippen molar-refractivity contribution in [2.45, 2.75) is 45.7 Å². The fourth-order valence-electron chi connectivity index (χ4n) is 2.54. The molecular formula is C16H20F3N3O2. The minimum atomic E-state index is -4.71. The molecule has 132 valence electrons. The molecule has 0 spiro atoms. The zero-order valence-electron chi connectivity index (χ0n) is 13.5. The first-order chi connectivity index (χ1) is 11.3. The van der Waals surface area contributed by atoms with Gasteiger partial charge in [-0.05, 0) is 23.6 Å². The van der Waals surface area contributed by atoms with Gasteiger partial charge in [0.1, 0.15) is 18.2 Å². The smallest absolute Gasteiger partial charge is 0.406 e. The fourth-order valence-corrected chi connectivity index (χ4v) is 2.54. The van der Waals surface area contributed by atoms with Gasteiger partial charge < -0.3 is 9.84 Å². The lowest BCUT2D eigenvalue weighted by molar-refractivity contribution is -0.274. The van der Waals surface area contributed by atoms with E-state index in [4.69, 9.17) is 0 Å². The molecule has 1 unspecified atom stereocenters. The van der Waals surface area contributed by atoms with Gasteiger partial charge in [0.05, 0.1) is 6.54 Å². The molecule has 2 aromatic rings. The Labute approximate surface area is 138 Å². The van der Waals surface area contributed by atoms with Gasteiger partial charge in [-0.2, -0.15) is 5.10 Å². The topological polar surface area (TPSA) is 60.2 Å². The number of rotatable bonds is 7. The largest absolute Gasteiger partial charge is 0.573 e. The van der Waals surface area contributed by atoms with Gasteiger partial charge in [0.2, 0.25) is 0 Å². The SMILES string of the molecule is CCC(CC)C(O)c1ncnn1Cc1ccc(OC(F)(F)F)cc1. The quantitative estimate of drug-likeness (QED) is 0.833. The monoisotopic (exact) mass is 343 g/mol. The second kappa shape index (κ2) is 7.65. The van der Waals surface area contributed by atoms with E-state index in [9.17, 15) is 18.3 Å². The number of nitrogens with zero attached hydrogens (tertiary/aromatic N) is 3. The van der Waals surface area contributed by atoms with Crippen LogP contribution in [0.5, 0.6) is 5.75 Å². The summed E-state index contributed by atoms with van der Waals surface area (Å²) < 4.78 is 41.9. The highest BCUT2D eigenvalue weighted by Gasteiger charge is 2.31. The second-order valence-electron chi connectivity index (χ2n) is 5.49. The van der Waals surface area contributed by atoms with Crippen LogP contribution < -0.4 is 4.74 Å². The third kappa shape index (κ3) is 4.70. The number of alkyl halides is 3. The average molecular weight is 343 g/mol. The van der Waals surface area contributed by atoms with Gasteiger partial charge >= 0.3 is 6.36 Å². The van der Waals surface area contributed by atoms with Gasteiger partial charge in [-0.15, -0.1) is 13.2 Å². The zero-order chi connectivity index (χ0) is 17.7. The van der Waals surface area contributed by atoms with Crippen molar-refractivity contribution in [2.75, 3.05) is 0 Å². The average Bonchev–Trinajstić information content (AvgIpc) is 2.97. The van der Waals surface area contributed by atoms with Crippen LogP contribution in [0.4, 0.5) is 13.2 Å². The normalized spacial score (nSPS) is 13.3. The molecular weight excluding hydrogens is 323 g/mol. The van der Waals surface area contributed by atoms with E-state index in [0.717, 1.165) is 18.4 Å². The van der Waals surface area contributed by atoms with Crippen molar-refractivity contribution in [3.05, 3.63) is 42.0 Å². The van der Waals surface area contributed by atoms with Crippen LogP contribution in [-0.4, -0.2) is 26.2 Å². The summed E-state index contributed by atoms with van der Waals surface area (Å²) in [6.45, 7) is 4.30. The number of halogens is 3. The molecule has 0 amide bonds. The minimum Gasteiger partial charge on any atom is -0.406 e. The summed E-state index contributed by atoms with van der Waals surface area (Å²) in [4.78, 5) is 4.12. The third-order valence-corrected chi connectivity index (χ3v) is 3.89. The summed E-state index contributed by atoms with van der Waals surface area (Å²) in [5.74, 6) is 0.261. The number of aromatic nitrogens is 3. The predicted octanol–water partition coefficient (Wildman–Crippen LogP) is 3.69. The maximum Gasteiger partial charge on any atom is 0.573 e. The Morgan fingerprint density at radius 2 is 1.79 bits per heavy atom. The minimum absolute atomic E-state index is 0.0792. The number of ether oxygens (including phenoxy) is 1. The van der Waals surface area contributed by atoms with Crippen LogP contribution in [0.25, 0.3) is 0 Å². The van der Waals surface area contributed by atoms with Crippen LogP contribution in [0.15, 0.2) is 30.6 Å². The highest BCUT2D eigenvalue weighted by Crippen LogP contribution is 2.26. The Balaban J connectivity index is 2.11. The number of hydrogen-bond donors (Lipinski definition) is 1. The Morgan fingerprint density at radius 3 is 2.33 bits per heavy atom. The molecule has 1 heterocycles. The van der Waals surface area contributed by atoms with E-state index in [0.29, 0.717) is 12.4 Å². The van der Waals surface area contributed by atoms with E-state index in [-0.39, 0.29) is 11.7 Å².